The fourth-order valence-electron chi connectivity index (χ4n) is 3.91. The van der Waals surface area contributed by atoms with Crippen molar-refractivity contribution in [2.45, 2.75) is 31.7 Å². The first-order chi connectivity index (χ1) is 18.1. The van der Waals surface area contributed by atoms with Gasteiger partial charge in [0.25, 0.3) is 0 Å². The molecule has 0 aromatic carbocycles. The number of alkyl halides is 3. The van der Waals surface area contributed by atoms with Gasteiger partial charge in [0.1, 0.15) is 23.6 Å². The van der Waals surface area contributed by atoms with Crippen LogP contribution in [0.15, 0.2) is 34.8 Å². The molecule has 0 radical (unpaired) electrons. The lowest BCUT2D eigenvalue weighted by molar-refractivity contribution is -0.136. The van der Waals surface area contributed by atoms with Crippen LogP contribution < -0.4 is 10.3 Å². The van der Waals surface area contributed by atoms with Crippen LogP contribution in [0, 0.1) is 11.3 Å². The van der Waals surface area contributed by atoms with E-state index >= 15 is 0 Å². The van der Waals surface area contributed by atoms with E-state index in [4.69, 9.17) is 19.5 Å². The monoisotopic (exact) mass is 538 g/mol. The van der Waals surface area contributed by atoms with Gasteiger partial charge in [-0.1, -0.05) is 0 Å². The average Bonchev–Trinajstić information content (AvgIpc) is 3.08. The van der Waals surface area contributed by atoms with Gasteiger partial charge in [-0.15, -0.1) is 0 Å². The van der Waals surface area contributed by atoms with Crippen LogP contribution in [0.2, 0.25) is 0 Å². The predicted octanol–water partition coefficient (Wildman–Crippen LogP) is 1.40. The number of nitriles is 1. The van der Waals surface area contributed by atoms with Crippen molar-refractivity contribution in [2.24, 2.45) is 5.10 Å². The molecule has 1 amide bonds. The molecule has 1 N–H and O–H groups in total. The Labute approximate surface area is 217 Å². The fraction of sp³-hybridized carbons (Fsp3) is 0.542. The summed E-state index contributed by atoms with van der Waals surface area (Å²) in [6.07, 6.45) is -4.09. The second-order valence-corrected chi connectivity index (χ2v) is 8.68. The van der Waals surface area contributed by atoms with E-state index < -0.39 is 42.0 Å². The molecule has 14 heteroatoms. The maximum atomic E-state index is 13.5. The number of allylic oxidation sites excluding steroid dienone is 1. The Bertz CT molecular complexity index is 1080. The highest BCUT2D eigenvalue weighted by molar-refractivity contribution is 6.03. The number of piperazine rings is 1. The number of aromatic nitrogens is 1. The van der Waals surface area contributed by atoms with Crippen molar-refractivity contribution in [3.8, 4) is 6.07 Å². The third-order valence-corrected chi connectivity index (χ3v) is 5.83. The number of carbonyl (C=O) groups is 2. The van der Waals surface area contributed by atoms with Gasteiger partial charge in [0.15, 0.2) is 11.5 Å². The molecule has 1 aromatic heterocycles. The molecular formula is C24H29F3N6O5. The van der Waals surface area contributed by atoms with Gasteiger partial charge in [-0.05, 0) is 19.1 Å². The van der Waals surface area contributed by atoms with Crippen LogP contribution in [0.25, 0.3) is 0 Å². The van der Waals surface area contributed by atoms with Crippen molar-refractivity contribution in [1.29, 1.82) is 5.26 Å². The first-order valence-electron chi connectivity index (χ1n) is 11.9. The normalized spacial score (nSPS) is 17.9. The first-order valence-corrected chi connectivity index (χ1v) is 11.9. The van der Waals surface area contributed by atoms with E-state index in [1.165, 1.54) is 13.3 Å². The maximum absolute atomic E-state index is 13.5. The molecule has 2 atom stereocenters. The lowest BCUT2D eigenvalue weighted by atomic mass is 10.1. The minimum Gasteiger partial charge on any atom is -0.483 e. The summed E-state index contributed by atoms with van der Waals surface area (Å²) in [6, 6.07) is 5.49. The van der Waals surface area contributed by atoms with Crippen LogP contribution >= 0.6 is 0 Å². The molecule has 0 aliphatic carbocycles. The van der Waals surface area contributed by atoms with Crippen LogP contribution in [0.1, 0.15) is 18.9 Å². The molecular weight excluding hydrogens is 509 g/mol. The highest BCUT2D eigenvalue weighted by atomic mass is 19.4. The van der Waals surface area contributed by atoms with Crippen LogP contribution in [0.5, 0.6) is 0 Å². The summed E-state index contributed by atoms with van der Waals surface area (Å²) in [6.45, 7) is 2.91. The van der Waals surface area contributed by atoms with Gasteiger partial charge in [-0.3, -0.25) is 9.59 Å². The number of methoxy groups -OCH3 is 1. The van der Waals surface area contributed by atoms with Crippen molar-refractivity contribution in [1.82, 2.24) is 15.3 Å². The van der Waals surface area contributed by atoms with E-state index in [0.29, 0.717) is 31.7 Å². The molecule has 3 heterocycles. The zero-order valence-corrected chi connectivity index (χ0v) is 21.0. The van der Waals surface area contributed by atoms with Gasteiger partial charge in [0.2, 0.25) is 5.91 Å². The molecule has 0 bridgehead atoms. The summed E-state index contributed by atoms with van der Waals surface area (Å²) in [5.41, 5.74) is 1.26. The first kappa shape index (κ1) is 28.9. The summed E-state index contributed by atoms with van der Waals surface area (Å²) in [5.74, 6) is -1.31. The van der Waals surface area contributed by atoms with Gasteiger partial charge in [0.05, 0.1) is 44.1 Å². The Morgan fingerprint density at radius 1 is 1.24 bits per heavy atom. The number of pyridine rings is 1. The number of hydrogen-bond acceptors (Lipinski definition) is 10. The number of nitrogens with zero attached hydrogens (tertiary/aromatic N) is 5. The predicted molar refractivity (Wildman–Crippen MR) is 129 cm³/mol. The van der Waals surface area contributed by atoms with Crippen LogP contribution in [-0.4, -0.2) is 99.2 Å². The van der Waals surface area contributed by atoms with Gasteiger partial charge in [0, 0.05) is 39.5 Å². The molecule has 206 valence electrons. The topological polar surface area (TPSA) is 129 Å². The molecule has 0 unspecified atom stereocenters. The minimum atomic E-state index is -4.93. The summed E-state index contributed by atoms with van der Waals surface area (Å²) in [4.78, 5) is 32.7. The minimum absolute atomic E-state index is 0.0647. The van der Waals surface area contributed by atoms with Crippen molar-refractivity contribution in [3.63, 3.8) is 0 Å². The number of halogens is 3. The van der Waals surface area contributed by atoms with Crippen molar-refractivity contribution >= 4 is 23.7 Å². The number of nitrogens with one attached hydrogen (secondary N) is 1. The second kappa shape index (κ2) is 13.2. The Morgan fingerprint density at radius 2 is 1.97 bits per heavy atom. The second-order valence-electron chi connectivity index (χ2n) is 8.68. The number of ketones is 1. The van der Waals surface area contributed by atoms with E-state index in [1.807, 2.05) is 11.0 Å². The average molecular weight is 539 g/mol. The molecule has 2 aliphatic heterocycles. The number of carbonyl (C=O) groups excluding carboxylic acids is 2. The Kier molecular flexibility index (Phi) is 10.0. The molecule has 11 nitrogen and oxygen atoms in total. The lowest BCUT2D eigenvalue weighted by Gasteiger charge is -2.36. The quantitative estimate of drug-likeness (QED) is 0.470. The summed E-state index contributed by atoms with van der Waals surface area (Å²) in [5, 5.41) is 12.5. The van der Waals surface area contributed by atoms with Crippen molar-refractivity contribution < 1.29 is 37.0 Å². The molecule has 1 aromatic rings. The van der Waals surface area contributed by atoms with Crippen LogP contribution in [0.3, 0.4) is 0 Å². The fourth-order valence-corrected chi connectivity index (χ4v) is 3.91. The van der Waals surface area contributed by atoms with Crippen LogP contribution in [-0.2, 0) is 23.8 Å². The van der Waals surface area contributed by atoms with E-state index in [2.05, 4.69) is 15.5 Å². The summed E-state index contributed by atoms with van der Waals surface area (Å²) >= 11 is 0. The number of ether oxygens (including phenoxy) is 3. The molecule has 0 spiro atoms. The van der Waals surface area contributed by atoms with Gasteiger partial charge in [-0.2, -0.15) is 23.5 Å². The number of Topliss-reactive ketones (excluding diaryl/α,β-unsaturated/α-hetero) is 1. The number of hydrazone groups is 1. The largest absolute Gasteiger partial charge is 0.483 e. The van der Waals surface area contributed by atoms with E-state index in [9.17, 15) is 22.8 Å². The van der Waals surface area contributed by atoms with Crippen molar-refractivity contribution in [2.75, 3.05) is 57.9 Å². The molecule has 3 rings (SSSR count). The third kappa shape index (κ3) is 7.90. The van der Waals surface area contributed by atoms with E-state index in [1.54, 1.807) is 24.0 Å². The SMILES string of the molecule is COC[C@H](CO[C@H](C)CC(=O)N1CCN(c2ccc(C#N)cn2)CC1)OC1=C(C(F)(F)F)C(=O)CNN=C1. The smallest absolute Gasteiger partial charge is 0.423 e. The van der Waals surface area contributed by atoms with Gasteiger partial charge >= 0.3 is 6.18 Å². The highest BCUT2D eigenvalue weighted by Crippen LogP contribution is 2.30. The van der Waals surface area contributed by atoms with Crippen LogP contribution in [0.4, 0.5) is 19.0 Å². The standard InChI is InChI=1S/C24H29F3N6O5/c1-16(9-22(35)33-7-5-32(6-8-33)21-4-3-17(10-28)11-29-21)37-15-18(14-36-2)38-20-13-31-30-12-19(34)23(20)24(25,26)27/h3-4,11,13,16,18,30H,5-9,12,14-15H2,1-2H3/t16-,18-/m1/s1. The highest BCUT2D eigenvalue weighted by Gasteiger charge is 2.43. The van der Waals surface area contributed by atoms with Gasteiger partial charge < -0.3 is 29.4 Å². The summed E-state index contributed by atoms with van der Waals surface area (Å²) < 4.78 is 56.6. The number of hydrogen-bond donors (Lipinski definition) is 1. The Hall–Kier alpha value is -3.70. The molecule has 38 heavy (non-hydrogen) atoms. The zero-order valence-electron chi connectivity index (χ0n) is 21.0. The van der Waals surface area contributed by atoms with E-state index in [-0.39, 0.29) is 25.5 Å². The maximum Gasteiger partial charge on any atom is 0.423 e. The zero-order chi connectivity index (χ0) is 27.7. The lowest BCUT2D eigenvalue weighted by Crippen LogP contribution is -2.49. The molecule has 1 fully saturated rings. The molecule has 1 saturated heterocycles. The number of amides is 1. The summed E-state index contributed by atoms with van der Waals surface area (Å²) in [7, 11) is 1.35. The Morgan fingerprint density at radius 3 is 2.58 bits per heavy atom. The molecule has 0 saturated carbocycles. The van der Waals surface area contributed by atoms with Crippen molar-refractivity contribution in [3.05, 3.63) is 35.2 Å². The molecule has 2 aliphatic rings. The third-order valence-electron chi connectivity index (χ3n) is 5.83. The number of anilines is 1. The Balaban J connectivity index is 1.51. The van der Waals surface area contributed by atoms with E-state index in [0.717, 1.165) is 12.0 Å². The van der Waals surface area contributed by atoms with Gasteiger partial charge in [-0.25, -0.2) is 4.98 Å². The number of rotatable bonds is 10.